The summed E-state index contributed by atoms with van der Waals surface area (Å²) in [6, 6.07) is 1.26. The van der Waals surface area contributed by atoms with Gasteiger partial charge in [0.25, 0.3) is 11.2 Å². The van der Waals surface area contributed by atoms with Crippen molar-refractivity contribution in [1.82, 2.24) is 0 Å². The van der Waals surface area contributed by atoms with E-state index in [0.717, 1.165) is 25.7 Å². The Bertz CT molecular complexity index is 251. The minimum Gasteiger partial charge on any atom is -0.470 e. The van der Waals surface area contributed by atoms with Gasteiger partial charge in [-0.05, 0) is 24.9 Å². The van der Waals surface area contributed by atoms with Crippen molar-refractivity contribution in [3.63, 3.8) is 0 Å². The van der Waals surface area contributed by atoms with Crippen molar-refractivity contribution in [3.8, 4) is 0 Å². The Morgan fingerprint density at radius 3 is 1.37 bits per heavy atom. The SMILES string of the molecule is CCCOC(=O)[Si](CCC)(CCC)C(=O)OCCC. The molecule has 0 atom stereocenters. The van der Waals surface area contributed by atoms with E-state index in [1.165, 1.54) is 0 Å². The molecule has 19 heavy (non-hydrogen) atoms. The summed E-state index contributed by atoms with van der Waals surface area (Å²) in [5.41, 5.74) is -0.557. The van der Waals surface area contributed by atoms with E-state index in [-0.39, 0.29) is 11.2 Å². The zero-order valence-corrected chi connectivity index (χ0v) is 13.8. The summed E-state index contributed by atoms with van der Waals surface area (Å²) in [6.45, 7) is 8.68. The molecule has 0 rings (SSSR count). The van der Waals surface area contributed by atoms with E-state index in [1.54, 1.807) is 0 Å². The molecule has 0 bridgehead atoms. The first-order chi connectivity index (χ1) is 9.08. The molecule has 0 aliphatic heterocycles. The molecular formula is C14H28O4Si. The van der Waals surface area contributed by atoms with Crippen molar-refractivity contribution in [1.29, 1.82) is 0 Å². The molecule has 0 saturated heterocycles. The maximum atomic E-state index is 12.3. The smallest absolute Gasteiger partial charge is 0.311 e. The second-order valence-corrected chi connectivity index (χ2v) is 8.83. The third kappa shape index (κ3) is 5.34. The van der Waals surface area contributed by atoms with Crippen molar-refractivity contribution >= 4 is 19.3 Å². The molecule has 0 radical (unpaired) electrons. The average molecular weight is 288 g/mol. The highest BCUT2D eigenvalue weighted by atomic mass is 28.3. The van der Waals surface area contributed by atoms with Gasteiger partial charge in [-0.25, -0.2) is 0 Å². The van der Waals surface area contributed by atoms with Crippen molar-refractivity contribution in [2.24, 2.45) is 0 Å². The second kappa shape index (κ2) is 10.0. The molecule has 112 valence electrons. The largest absolute Gasteiger partial charge is 0.470 e. The van der Waals surface area contributed by atoms with Crippen LogP contribution in [0.15, 0.2) is 0 Å². The molecule has 0 unspecified atom stereocenters. The van der Waals surface area contributed by atoms with Gasteiger partial charge in [-0.1, -0.05) is 40.5 Å². The summed E-state index contributed by atoms with van der Waals surface area (Å²) in [7, 11) is -2.80. The first-order valence-electron chi connectivity index (χ1n) is 7.43. The molecule has 0 heterocycles. The second-order valence-electron chi connectivity index (χ2n) is 4.85. The van der Waals surface area contributed by atoms with Gasteiger partial charge in [0.2, 0.25) is 0 Å². The molecule has 0 aromatic carbocycles. The first kappa shape index (κ1) is 18.2. The normalized spacial score (nSPS) is 11.2. The summed E-state index contributed by atoms with van der Waals surface area (Å²) >= 11 is 0. The third-order valence-corrected chi connectivity index (χ3v) is 7.57. The fourth-order valence-electron chi connectivity index (χ4n) is 2.14. The number of rotatable bonds is 10. The summed E-state index contributed by atoms with van der Waals surface area (Å²) in [4.78, 5) is 24.7. The molecule has 5 heteroatoms. The van der Waals surface area contributed by atoms with Gasteiger partial charge in [0.05, 0.1) is 13.2 Å². The predicted molar refractivity (Wildman–Crippen MR) is 79.2 cm³/mol. The molecule has 0 aliphatic carbocycles. The van der Waals surface area contributed by atoms with Gasteiger partial charge in [-0.2, -0.15) is 0 Å². The lowest BCUT2D eigenvalue weighted by atomic mass is 10.5. The lowest BCUT2D eigenvalue weighted by Crippen LogP contribution is -2.53. The quantitative estimate of drug-likeness (QED) is 0.555. The minimum atomic E-state index is -2.80. The molecular weight excluding hydrogens is 260 g/mol. The number of carbonyl (C=O) groups excluding carboxylic acids is 2. The van der Waals surface area contributed by atoms with Crippen molar-refractivity contribution in [2.75, 3.05) is 13.2 Å². The van der Waals surface area contributed by atoms with Crippen LogP contribution in [0.5, 0.6) is 0 Å². The molecule has 0 spiro atoms. The lowest BCUT2D eigenvalue weighted by molar-refractivity contribution is 0.160. The molecule has 0 aliphatic rings. The van der Waals surface area contributed by atoms with E-state index in [9.17, 15) is 9.59 Å². The van der Waals surface area contributed by atoms with Gasteiger partial charge in [-0.3, -0.25) is 9.59 Å². The Balaban J connectivity index is 5.03. The highest BCUT2D eigenvalue weighted by Crippen LogP contribution is 2.25. The highest BCUT2D eigenvalue weighted by molar-refractivity contribution is 7.23. The van der Waals surface area contributed by atoms with Crippen LogP contribution in [-0.2, 0) is 9.47 Å². The van der Waals surface area contributed by atoms with Crippen LogP contribution in [0.2, 0.25) is 12.1 Å². The van der Waals surface area contributed by atoms with E-state index in [0.29, 0.717) is 25.3 Å². The number of carbonyl (C=O) groups is 2. The summed E-state index contributed by atoms with van der Waals surface area (Å²) in [6.07, 6.45) is 3.18. The van der Waals surface area contributed by atoms with Crippen LogP contribution in [0.25, 0.3) is 0 Å². The Kier molecular flexibility index (Phi) is 9.56. The van der Waals surface area contributed by atoms with Gasteiger partial charge in [0.15, 0.2) is 0 Å². The standard InChI is InChI=1S/C14H28O4Si/c1-5-9-17-13(15)19(11-7-3,12-8-4)14(16)18-10-6-2/h5-12H2,1-4H3. The van der Waals surface area contributed by atoms with Crippen LogP contribution in [0.3, 0.4) is 0 Å². The zero-order valence-electron chi connectivity index (χ0n) is 12.8. The maximum absolute atomic E-state index is 12.3. The van der Waals surface area contributed by atoms with Crippen molar-refractivity contribution < 1.29 is 19.1 Å². The molecule has 0 aromatic rings. The Morgan fingerprint density at radius 2 is 1.11 bits per heavy atom. The topological polar surface area (TPSA) is 52.6 Å². The Morgan fingerprint density at radius 1 is 0.737 bits per heavy atom. The van der Waals surface area contributed by atoms with Crippen LogP contribution < -0.4 is 0 Å². The van der Waals surface area contributed by atoms with Crippen molar-refractivity contribution in [3.05, 3.63) is 0 Å². The van der Waals surface area contributed by atoms with E-state index >= 15 is 0 Å². The highest BCUT2D eigenvalue weighted by Gasteiger charge is 2.51. The van der Waals surface area contributed by atoms with E-state index in [2.05, 4.69) is 0 Å². The fourth-order valence-corrected chi connectivity index (χ4v) is 5.83. The number of hydrogen-bond donors (Lipinski definition) is 0. The molecule has 0 aromatic heterocycles. The molecule has 0 saturated carbocycles. The summed E-state index contributed by atoms with van der Waals surface area (Å²) in [5.74, 6) is 0. The van der Waals surface area contributed by atoms with Gasteiger partial charge in [-0.15, -0.1) is 0 Å². The van der Waals surface area contributed by atoms with Gasteiger partial charge in [0.1, 0.15) is 0 Å². The van der Waals surface area contributed by atoms with Crippen LogP contribution in [-0.4, -0.2) is 32.5 Å². The minimum absolute atomic E-state index is 0.279. The zero-order chi connectivity index (χ0) is 14.7. The van der Waals surface area contributed by atoms with Crippen LogP contribution in [0.1, 0.15) is 53.4 Å². The molecule has 4 nitrogen and oxygen atoms in total. The Labute approximate surface area is 117 Å². The fraction of sp³-hybridized carbons (Fsp3) is 0.857. The summed E-state index contributed by atoms with van der Waals surface area (Å²) in [5, 5.41) is 0. The molecule has 0 amide bonds. The average Bonchev–Trinajstić information content (AvgIpc) is 2.41. The monoisotopic (exact) mass is 288 g/mol. The van der Waals surface area contributed by atoms with Crippen molar-refractivity contribution in [2.45, 2.75) is 65.5 Å². The lowest BCUT2D eigenvalue weighted by Gasteiger charge is -2.26. The van der Waals surface area contributed by atoms with E-state index < -0.39 is 8.07 Å². The molecule has 0 N–H and O–H groups in total. The van der Waals surface area contributed by atoms with E-state index in [4.69, 9.17) is 9.47 Å². The van der Waals surface area contributed by atoms with Gasteiger partial charge >= 0.3 is 8.07 Å². The first-order valence-corrected chi connectivity index (χ1v) is 9.84. The maximum Gasteiger partial charge on any atom is 0.311 e. The van der Waals surface area contributed by atoms with Crippen LogP contribution >= 0.6 is 0 Å². The molecule has 0 fully saturated rings. The van der Waals surface area contributed by atoms with Crippen LogP contribution in [0, 0.1) is 0 Å². The third-order valence-electron chi connectivity index (χ3n) is 3.01. The Hall–Kier alpha value is -0.843. The van der Waals surface area contributed by atoms with E-state index in [1.807, 2.05) is 27.7 Å². The van der Waals surface area contributed by atoms with Crippen LogP contribution in [0.4, 0.5) is 9.59 Å². The predicted octanol–water partition coefficient (Wildman–Crippen LogP) is 4.51. The van der Waals surface area contributed by atoms with Gasteiger partial charge in [0, 0.05) is 0 Å². The number of hydrogen-bond acceptors (Lipinski definition) is 4. The number of ether oxygens (including phenoxy) is 2. The summed E-state index contributed by atoms with van der Waals surface area (Å²) < 4.78 is 10.6. The van der Waals surface area contributed by atoms with Gasteiger partial charge < -0.3 is 9.47 Å².